The Bertz CT molecular complexity index is 475. The quantitative estimate of drug-likeness (QED) is 0.871. The SMILES string of the molecule is COc1ccc(C2CC(O)C(C)(O)CN2C)cc1OC. The first-order chi connectivity index (χ1) is 9.39. The summed E-state index contributed by atoms with van der Waals surface area (Å²) >= 11 is 0. The van der Waals surface area contributed by atoms with E-state index in [4.69, 9.17) is 9.47 Å². The molecule has 2 N–H and O–H groups in total. The summed E-state index contributed by atoms with van der Waals surface area (Å²) in [5, 5.41) is 20.2. The van der Waals surface area contributed by atoms with Crippen LogP contribution in [0, 0.1) is 0 Å². The van der Waals surface area contributed by atoms with Gasteiger partial charge < -0.3 is 19.7 Å². The lowest BCUT2D eigenvalue weighted by atomic mass is 9.85. The first kappa shape index (κ1) is 15.1. The minimum Gasteiger partial charge on any atom is -0.493 e. The predicted molar refractivity (Wildman–Crippen MR) is 76.2 cm³/mol. The van der Waals surface area contributed by atoms with Gasteiger partial charge in [-0.05, 0) is 38.1 Å². The molecule has 5 heteroatoms. The number of rotatable bonds is 3. The lowest BCUT2D eigenvalue weighted by Gasteiger charge is -2.44. The highest BCUT2D eigenvalue weighted by Gasteiger charge is 2.40. The first-order valence-electron chi connectivity index (χ1n) is 6.71. The number of benzene rings is 1. The molecule has 0 radical (unpaired) electrons. The zero-order chi connectivity index (χ0) is 14.9. The van der Waals surface area contributed by atoms with E-state index in [1.54, 1.807) is 21.1 Å². The van der Waals surface area contributed by atoms with Gasteiger partial charge in [0.05, 0.1) is 20.3 Å². The van der Waals surface area contributed by atoms with Crippen molar-refractivity contribution in [2.75, 3.05) is 27.8 Å². The van der Waals surface area contributed by atoms with Crippen LogP contribution in [0.4, 0.5) is 0 Å². The number of likely N-dealkylation sites (N-methyl/N-ethyl adjacent to an activating group) is 1. The third kappa shape index (κ3) is 2.75. The number of hydrogen-bond acceptors (Lipinski definition) is 5. The molecule has 0 bridgehead atoms. The van der Waals surface area contributed by atoms with Crippen molar-refractivity contribution in [3.63, 3.8) is 0 Å². The zero-order valence-electron chi connectivity index (χ0n) is 12.5. The molecular weight excluding hydrogens is 258 g/mol. The molecule has 1 aliphatic heterocycles. The molecule has 1 fully saturated rings. The van der Waals surface area contributed by atoms with Crippen molar-refractivity contribution in [1.29, 1.82) is 0 Å². The number of nitrogens with zero attached hydrogens (tertiary/aromatic N) is 1. The normalized spacial score (nSPS) is 31.1. The third-order valence-electron chi connectivity index (χ3n) is 4.06. The summed E-state index contributed by atoms with van der Waals surface area (Å²) in [6.07, 6.45) is -0.254. The van der Waals surface area contributed by atoms with Crippen LogP contribution < -0.4 is 9.47 Å². The van der Waals surface area contributed by atoms with E-state index in [1.165, 1.54) is 0 Å². The number of β-amino-alcohol motifs (C(OH)–C–C–N with tert-alkyl or cyclic N) is 1. The van der Waals surface area contributed by atoms with Crippen molar-refractivity contribution in [2.45, 2.75) is 31.1 Å². The van der Waals surface area contributed by atoms with Crippen molar-refractivity contribution < 1.29 is 19.7 Å². The highest BCUT2D eigenvalue weighted by atomic mass is 16.5. The maximum absolute atomic E-state index is 10.1. The second-order valence-electron chi connectivity index (χ2n) is 5.65. The minimum atomic E-state index is -1.07. The monoisotopic (exact) mass is 281 g/mol. The molecule has 0 aromatic heterocycles. The Balaban J connectivity index is 2.28. The summed E-state index contributed by atoms with van der Waals surface area (Å²) in [5.41, 5.74) is -0.0263. The van der Waals surface area contributed by atoms with Gasteiger partial charge in [-0.2, -0.15) is 0 Å². The molecule has 3 unspecified atom stereocenters. The summed E-state index contributed by atoms with van der Waals surface area (Å²) in [5.74, 6) is 1.35. The molecular formula is C15H23NO4. The fourth-order valence-corrected chi connectivity index (χ4v) is 2.82. The Hall–Kier alpha value is -1.30. The van der Waals surface area contributed by atoms with E-state index in [-0.39, 0.29) is 6.04 Å². The van der Waals surface area contributed by atoms with Crippen LogP contribution in [0.15, 0.2) is 18.2 Å². The minimum absolute atomic E-state index is 0.0463. The van der Waals surface area contributed by atoms with Gasteiger partial charge in [0, 0.05) is 12.6 Å². The number of piperidine rings is 1. The van der Waals surface area contributed by atoms with Gasteiger partial charge in [-0.25, -0.2) is 0 Å². The lowest BCUT2D eigenvalue weighted by molar-refractivity contribution is -0.121. The van der Waals surface area contributed by atoms with Gasteiger partial charge in [-0.1, -0.05) is 6.07 Å². The summed E-state index contributed by atoms with van der Waals surface area (Å²) in [7, 11) is 5.15. The molecule has 1 aromatic rings. The van der Waals surface area contributed by atoms with Gasteiger partial charge in [0.2, 0.25) is 0 Å². The molecule has 1 aromatic carbocycles. The molecule has 112 valence electrons. The summed E-state index contributed by atoms with van der Waals surface area (Å²) in [6, 6.07) is 5.80. The van der Waals surface area contributed by atoms with E-state index >= 15 is 0 Å². The maximum atomic E-state index is 10.1. The van der Waals surface area contributed by atoms with Crippen molar-refractivity contribution in [3.8, 4) is 11.5 Å². The third-order valence-corrected chi connectivity index (χ3v) is 4.06. The van der Waals surface area contributed by atoms with E-state index in [9.17, 15) is 10.2 Å². The van der Waals surface area contributed by atoms with Crippen molar-refractivity contribution in [2.24, 2.45) is 0 Å². The Kier molecular flexibility index (Phi) is 4.22. The Morgan fingerprint density at radius 2 is 1.90 bits per heavy atom. The molecule has 3 atom stereocenters. The number of methoxy groups -OCH3 is 2. The molecule has 1 heterocycles. The molecule has 0 amide bonds. The zero-order valence-corrected chi connectivity index (χ0v) is 12.5. The molecule has 0 saturated carbocycles. The van der Waals surface area contributed by atoms with Crippen LogP contribution in [0.25, 0.3) is 0 Å². The van der Waals surface area contributed by atoms with Crippen molar-refractivity contribution >= 4 is 0 Å². The number of ether oxygens (including phenoxy) is 2. The van der Waals surface area contributed by atoms with E-state index in [0.717, 1.165) is 5.56 Å². The van der Waals surface area contributed by atoms with Crippen LogP contribution in [0.5, 0.6) is 11.5 Å². The lowest BCUT2D eigenvalue weighted by Crippen LogP contribution is -2.54. The van der Waals surface area contributed by atoms with Crippen LogP contribution in [0.2, 0.25) is 0 Å². The van der Waals surface area contributed by atoms with Crippen LogP contribution in [0.3, 0.4) is 0 Å². The smallest absolute Gasteiger partial charge is 0.161 e. The van der Waals surface area contributed by atoms with Crippen molar-refractivity contribution in [3.05, 3.63) is 23.8 Å². The fourth-order valence-electron chi connectivity index (χ4n) is 2.82. The maximum Gasteiger partial charge on any atom is 0.161 e. The number of aliphatic hydroxyl groups is 2. The van der Waals surface area contributed by atoms with Crippen molar-refractivity contribution in [1.82, 2.24) is 4.90 Å². The summed E-state index contributed by atoms with van der Waals surface area (Å²) < 4.78 is 10.5. The van der Waals surface area contributed by atoms with Gasteiger partial charge in [0.1, 0.15) is 5.60 Å². The Morgan fingerprint density at radius 1 is 1.25 bits per heavy atom. The second-order valence-corrected chi connectivity index (χ2v) is 5.65. The Morgan fingerprint density at radius 3 is 2.50 bits per heavy atom. The van der Waals surface area contributed by atoms with Crippen LogP contribution in [-0.4, -0.2) is 54.6 Å². The van der Waals surface area contributed by atoms with Crippen LogP contribution in [0.1, 0.15) is 24.9 Å². The average molecular weight is 281 g/mol. The highest BCUT2D eigenvalue weighted by molar-refractivity contribution is 5.44. The van der Waals surface area contributed by atoms with E-state index in [0.29, 0.717) is 24.5 Å². The molecule has 0 aliphatic carbocycles. The summed E-state index contributed by atoms with van der Waals surface area (Å²) in [4.78, 5) is 2.05. The van der Waals surface area contributed by atoms with Crippen LogP contribution >= 0.6 is 0 Å². The standard InChI is InChI=1S/C15H23NO4/c1-15(18)9-16(2)11(8-14(15)17)10-5-6-12(19-3)13(7-10)20-4/h5-7,11,14,17-18H,8-9H2,1-4H3. The van der Waals surface area contributed by atoms with Crippen LogP contribution in [-0.2, 0) is 0 Å². The van der Waals surface area contributed by atoms with E-state index in [1.807, 2.05) is 30.1 Å². The first-order valence-corrected chi connectivity index (χ1v) is 6.71. The van der Waals surface area contributed by atoms with Gasteiger partial charge >= 0.3 is 0 Å². The molecule has 5 nitrogen and oxygen atoms in total. The van der Waals surface area contributed by atoms with Gasteiger partial charge in [0.15, 0.2) is 11.5 Å². The van der Waals surface area contributed by atoms with Gasteiger partial charge in [0.25, 0.3) is 0 Å². The molecule has 1 aliphatic rings. The van der Waals surface area contributed by atoms with Gasteiger partial charge in [-0.3, -0.25) is 4.90 Å². The highest BCUT2D eigenvalue weighted by Crippen LogP contribution is 2.37. The molecule has 1 saturated heterocycles. The topological polar surface area (TPSA) is 62.2 Å². The average Bonchev–Trinajstić information content (AvgIpc) is 2.41. The van der Waals surface area contributed by atoms with Gasteiger partial charge in [-0.15, -0.1) is 0 Å². The largest absolute Gasteiger partial charge is 0.493 e. The predicted octanol–water partition coefficient (Wildman–Crippen LogP) is 1.19. The van der Waals surface area contributed by atoms with E-state index < -0.39 is 11.7 Å². The van der Waals surface area contributed by atoms with E-state index in [2.05, 4.69) is 0 Å². The summed E-state index contributed by atoms with van der Waals surface area (Å²) in [6.45, 7) is 2.09. The molecule has 2 rings (SSSR count). The molecule has 0 spiro atoms. The number of likely N-dealkylation sites (tertiary alicyclic amines) is 1. The Labute approximate surface area is 119 Å². The molecule has 20 heavy (non-hydrogen) atoms. The second kappa shape index (κ2) is 5.60. The number of aliphatic hydroxyl groups excluding tert-OH is 1. The fraction of sp³-hybridized carbons (Fsp3) is 0.600. The number of hydrogen-bond donors (Lipinski definition) is 2.